The number of thiol groups is 1. The first-order valence-corrected chi connectivity index (χ1v) is 7.76. The normalized spacial score (nSPS) is 15.7. The lowest BCUT2D eigenvalue weighted by Gasteiger charge is -2.11. The molecular formula is C10H22S3. The lowest BCUT2D eigenvalue weighted by atomic mass is 10.4. The molecular weight excluding hydrogens is 216 g/mol. The molecule has 0 aliphatic rings. The molecule has 0 aromatic heterocycles. The van der Waals surface area contributed by atoms with Gasteiger partial charge in [-0.2, -0.15) is 36.2 Å². The van der Waals surface area contributed by atoms with E-state index in [0.717, 1.165) is 5.25 Å². The molecule has 3 heteroatoms. The van der Waals surface area contributed by atoms with Crippen LogP contribution in [-0.2, 0) is 0 Å². The van der Waals surface area contributed by atoms with Crippen molar-refractivity contribution in [2.45, 2.75) is 44.1 Å². The van der Waals surface area contributed by atoms with Gasteiger partial charge in [-0.25, -0.2) is 0 Å². The molecule has 0 amide bonds. The maximum absolute atomic E-state index is 4.37. The number of rotatable bonds is 8. The number of unbranched alkanes of at least 4 members (excludes halogenated alkanes) is 1. The van der Waals surface area contributed by atoms with E-state index >= 15 is 0 Å². The SMILES string of the molecule is CCCCSCC(C)SCC(C)S. The van der Waals surface area contributed by atoms with Gasteiger partial charge >= 0.3 is 0 Å². The zero-order valence-corrected chi connectivity index (χ0v) is 11.5. The van der Waals surface area contributed by atoms with Crippen LogP contribution in [0.5, 0.6) is 0 Å². The van der Waals surface area contributed by atoms with Crippen molar-refractivity contribution in [2.24, 2.45) is 0 Å². The van der Waals surface area contributed by atoms with Crippen LogP contribution in [0.3, 0.4) is 0 Å². The van der Waals surface area contributed by atoms with Crippen LogP contribution in [0.4, 0.5) is 0 Å². The number of hydrogen-bond donors (Lipinski definition) is 1. The summed E-state index contributed by atoms with van der Waals surface area (Å²) in [7, 11) is 0. The van der Waals surface area contributed by atoms with Gasteiger partial charge in [-0.05, 0) is 12.2 Å². The first-order valence-electron chi connectivity index (χ1n) is 5.04. The highest BCUT2D eigenvalue weighted by Crippen LogP contribution is 2.18. The zero-order chi connectivity index (χ0) is 10.1. The third-order valence-corrected chi connectivity index (χ3v) is 5.00. The van der Waals surface area contributed by atoms with Crippen LogP contribution in [0.2, 0.25) is 0 Å². The molecule has 0 bridgehead atoms. The number of thioether (sulfide) groups is 2. The Morgan fingerprint density at radius 1 is 1.23 bits per heavy atom. The Morgan fingerprint density at radius 3 is 2.46 bits per heavy atom. The van der Waals surface area contributed by atoms with E-state index in [9.17, 15) is 0 Å². The molecule has 0 aromatic carbocycles. The Labute approximate surface area is 97.4 Å². The molecule has 2 atom stereocenters. The summed E-state index contributed by atoms with van der Waals surface area (Å²) in [5, 5.41) is 1.32. The van der Waals surface area contributed by atoms with Crippen LogP contribution in [0.1, 0.15) is 33.6 Å². The highest BCUT2D eigenvalue weighted by molar-refractivity contribution is 8.03. The molecule has 80 valence electrons. The standard InChI is InChI=1S/C10H22S3/c1-4-5-6-12-8-10(3)13-7-9(2)11/h9-11H,4-8H2,1-3H3. The minimum atomic E-state index is 0.535. The van der Waals surface area contributed by atoms with Gasteiger partial charge in [0.25, 0.3) is 0 Å². The second-order valence-electron chi connectivity index (χ2n) is 3.42. The second kappa shape index (κ2) is 9.60. The van der Waals surface area contributed by atoms with Gasteiger partial charge in [0.1, 0.15) is 0 Å². The lowest BCUT2D eigenvalue weighted by molar-refractivity contribution is 0.895. The summed E-state index contributed by atoms with van der Waals surface area (Å²) in [6, 6.07) is 0. The van der Waals surface area contributed by atoms with E-state index in [1.165, 1.54) is 30.1 Å². The highest BCUT2D eigenvalue weighted by Gasteiger charge is 2.03. The number of hydrogen-bond acceptors (Lipinski definition) is 3. The predicted molar refractivity (Wildman–Crippen MR) is 72.6 cm³/mol. The van der Waals surface area contributed by atoms with E-state index < -0.39 is 0 Å². The lowest BCUT2D eigenvalue weighted by Crippen LogP contribution is -2.05. The molecule has 0 saturated carbocycles. The van der Waals surface area contributed by atoms with Gasteiger partial charge < -0.3 is 0 Å². The molecule has 0 fully saturated rings. The molecule has 0 spiro atoms. The minimum Gasteiger partial charge on any atom is -0.175 e. The fraction of sp³-hybridized carbons (Fsp3) is 1.00. The van der Waals surface area contributed by atoms with Gasteiger partial charge in [0.05, 0.1) is 0 Å². The van der Waals surface area contributed by atoms with Gasteiger partial charge in [0, 0.05) is 22.0 Å². The quantitative estimate of drug-likeness (QED) is 0.502. The van der Waals surface area contributed by atoms with Crippen molar-refractivity contribution >= 4 is 36.2 Å². The molecule has 0 aromatic rings. The fourth-order valence-corrected chi connectivity index (χ4v) is 3.38. The van der Waals surface area contributed by atoms with Crippen LogP contribution in [0.25, 0.3) is 0 Å². The molecule has 2 unspecified atom stereocenters. The summed E-state index contributed by atoms with van der Waals surface area (Å²) in [5.74, 6) is 3.81. The van der Waals surface area contributed by atoms with E-state index in [-0.39, 0.29) is 0 Å². The first kappa shape index (κ1) is 14.1. The maximum Gasteiger partial charge on any atom is 0.0110 e. The van der Waals surface area contributed by atoms with Crippen LogP contribution < -0.4 is 0 Å². The van der Waals surface area contributed by atoms with Crippen molar-refractivity contribution in [1.82, 2.24) is 0 Å². The third-order valence-electron chi connectivity index (χ3n) is 1.62. The van der Waals surface area contributed by atoms with Gasteiger partial charge in [-0.15, -0.1) is 0 Å². The van der Waals surface area contributed by atoms with Gasteiger partial charge in [0.15, 0.2) is 0 Å². The van der Waals surface area contributed by atoms with Crippen LogP contribution in [0, 0.1) is 0 Å². The van der Waals surface area contributed by atoms with Gasteiger partial charge in [0.2, 0.25) is 0 Å². The smallest absolute Gasteiger partial charge is 0.0110 e. The second-order valence-corrected chi connectivity index (χ2v) is 6.92. The van der Waals surface area contributed by atoms with Crippen LogP contribution in [0.15, 0.2) is 0 Å². The van der Waals surface area contributed by atoms with Crippen molar-refractivity contribution in [1.29, 1.82) is 0 Å². The average molecular weight is 238 g/mol. The highest BCUT2D eigenvalue weighted by atomic mass is 32.2. The molecule has 0 aliphatic heterocycles. The van der Waals surface area contributed by atoms with E-state index in [1.807, 2.05) is 11.8 Å². The maximum atomic E-state index is 4.37. The van der Waals surface area contributed by atoms with Gasteiger partial charge in [-0.1, -0.05) is 27.2 Å². The summed E-state index contributed by atoms with van der Waals surface area (Å²) in [4.78, 5) is 0. The van der Waals surface area contributed by atoms with Crippen molar-refractivity contribution in [3.63, 3.8) is 0 Å². The monoisotopic (exact) mass is 238 g/mol. The predicted octanol–water partition coefficient (Wildman–Crippen LogP) is 3.96. The molecule has 0 radical (unpaired) electrons. The summed E-state index contributed by atoms with van der Waals surface area (Å²) < 4.78 is 0. The molecule has 0 N–H and O–H groups in total. The van der Waals surface area contributed by atoms with Crippen LogP contribution >= 0.6 is 36.2 Å². The fourth-order valence-electron chi connectivity index (χ4n) is 0.847. The minimum absolute atomic E-state index is 0.535. The van der Waals surface area contributed by atoms with Crippen molar-refractivity contribution in [3.05, 3.63) is 0 Å². The average Bonchev–Trinajstić information content (AvgIpc) is 2.09. The Morgan fingerprint density at radius 2 is 1.92 bits per heavy atom. The Hall–Kier alpha value is 1.05. The zero-order valence-electron chi connectivity index (χ0n) is 8.95. The largest absolute Gasteiger partial charge is 0.175 e. The van der Waals surface area contributed by atoms with E-state index in [1.54, 1.807) is 0 Å². The van der Waals surface area contributed by atoms with E-state index in [0.29, 0.717) is 5.25 Å². The summed E-state index contributed by atoms with van der Waals surface area (Å²) in [6.45, 7) is 6.73. The van der Waals surface area contributed by atoms with E-state index in [2.05, 4.69) is 45.2 Å². The van der Waals surface area contributed by atoms with Crippen LogP contribution in [-0.4, -0.2) is 27.8 Å². The molecule has 0 aliphatic carbocycles. The summed E-state index contributed by atoms with van der Waals surface area (Å²) in [6.07, 6.45) is 2.69. The molecule has 0 heterocycles. The van der Waals surface area contributed by atoms with Gasteiger partial charge in [-0.3, -0.25) is 0 Å². The third kappa shape index (κ3) is 11.0. The molecule has 0 nitrogen and oxygen atoms in total. The van der Waals surface area contributed by atoms with E-state index in [4.69, 9.17) is 0 Å². The first-order chi connectivity index (χ1) is 6.16. The van der Waals surface area contributed by atoms with Crippen molar-refractivity contribution < 1.29 is 0 Å². The summed E-state index contributed by atoms with van der Waals surface area (Å²) in [5.41, 5.74) is 0. The Kier molecular flexibility index (Phi) is 10.4. The van der Waals surface area contributed by atoms with Crippen molar-refractivity contribution in [2.75, 3.05) is 17.3 Å². The summed E-state index contributed by atoms with van der Waals surface area (Å²) >= 11 is 8.51. The topological polar surface area (TPSA) is 0 Å². The molecule has 0 saturated heterocycles. The Bertz CT molecular complexity index is 104. The van der Waals surface area contributed by atoms with Crippen molar-refractivity contribution in [3.8, 4) is 0 Å². The molecule has 13 heavy (non-hydrogen) atoms. The molecule has 0 rings (SSSR count). The Balaban J connectivity index is 3.15.